The van der Waals surface area contributed by atoms with Gasteiger partial charge in [0.2, 0.25) is 0 Å². The number of rotatable bonds is 1. The number of carbonyl (C=O) groups excluding carboxylic acids is 2. The van der Waals surface area contributed by atoms with Crippen LogP contribution >= 0.6 is 11.6 Å². The van der Waals surface area contributed by atoms with E-state index in [0.717, 1.165) is 22.2 Å². The molecular formula is C21H18ClN3O2. The number of imide groups is 1. The molecule has 2 aliphatic rings. The number of aromatic nitrogens is 1. The number of amides is 3. The van der Waals surface area contributed by atoms with Gasteiger partial charge in [0.05, 0.1) is 11.2 Å². The van der Waals surface area contributed by atoms with Crippen molar-refractivity contribution in [2.24, 2.45) is 0 Å². The van der Waals surface area contributed by atoms with Crippen molar-refractivity contribution in [1.82, 2.24) is 9.88 Å². The Morgan fingerprint density at radius 3 is 2.67 bits per heavy atom. The number of para-hydroxylation sites is 1. The van der Waals surface area contributed by atoms with Crippen molar-refractivity contribution in [2.75, 3.05) is 4.90 Å². The second-order valence-electron chi connectivity index (χ2n) is 7.61. The van der Waals surface area contributed by atoms with E-state index in [-0.39, 0.29) is 11.9 Å². The molecule has 27 heavy (non-hydrogen) atoms. The highest BCUT2D eigenvalue weighted by Crippen LogP contribution is 2.45. The molecule has 3 heterocycles. The van der Waals surface area contributed by atoms with Gasteiger partial charge in [0, 0.05) is 28.0 Å². The fourth-order valence-electron chi connectivity index (χ4n) is 4.50. The zero-order valence-corrected chi connectivity index (χ0v) is 15.7. The van der Waals surface area contributed by atoms with Crippen molar-refractivity contribution in [3.8, 4) is 0 Å². The van der Waals surface area contributed by atoms with Gasteiger partial charge in [0.15, 0.2) is 0 Å². The maximum atomic E-state index is 13.3. The largest absolute Gasteiger partial charge is 0.356 e. The van der Waals surface area contributed by atoms with Gasteiger partial charge in [-0.3, -0.25) is 4.79 Å². The molecular weight excluding hydrogens is 362 g/mol. The molecule has 0 spiro atoms. The van der Waals surface area contributed by atoms with E-state index in [1.165, 1.54) is 4.90 Å². The molecule has 0 unspecified atom stereocenters. The summed E-state index contributed by atoms with van der Waals surface area (Å²) in [5.41, 5.74) is 3.02. The Balaban J connectivity index is 1.66. The van der Waals surface area contributed by atoms with E-state index < -0.39 is 11.6 Å². The Kier molecular flexibility index (Phi) is 3.25. The number of hydrogen-bond donors (Lipinski definition) is 1. The van der Waals surface area contributed by atoms with Crippen LogP contribution in [-0.2, 0) is 16.8 Å². The first-order valence-electron chi connectivity index (χ1n) is 8.92. The minimum atomic E-state index is -0.628. The third-order valence-corrected chi connectivity index (χ3v) is 5.94. The molecule has 1 atom stereocenters. The Morgan fingerprint density at radius 2 is 1.89 bits per heavy atom. The molecule has 0 saturated carbocycles. The standard InChI is InChI=1S/C21H18ClN3O2/c1-21(2)18-15(14-8-3-4-9-16(14)23-18)11-17-19(26)24(20(27)25(17)21)13-7-5-6-12(22)10-13/h3-10,17,23H,11H2,1-2H3/t17-/m0/s1. The van der Waals surface area contributed by atoms with Crippen LogP contribution in [0.3, 0.4) is 0 Å². The van der Waals surface area contributed by atoms with E-state index in [0.29, 0.717) is 17.1 Å². The summed E-state index contributed by atoms with van der Waals surface area (Å²) in [7, 11) is 0. The number of urea groups is 1. The minimum Gasteiger partial charge on any atom is -0.356 e. The first-order valence-corrected chi connectivity index (χ1v) is 9.30. The van der Waals surface area contributed by atoms with Gasteiger partial charge >= 0.3 is 6.03 Å². The number of carbonyl (C=O) groups is 2. The van der Waals surface area contributed by atoms with Crippen molar-refractivity contribution < 1.29 is 9.59 Å². The zero-order chi connectivity index (χ0) is 18.9. The number of anilines is 1. The average Bonchev–Trinajstić information content (AvgIpc) is 3.12. The van der Waals surface area contributed by atoms with Crippen LogP contribution in [0.25, 0.3) is 10.9 Å². The topological polar surface area (TPSA) is 56.4 Å². The Morgan fingerprint density at radius 1 is 1.11 bits per heavy atom. The lowest BCUT2D eigenvalue weighted by atomic mass is 9.85. The molecule has 3 amide bonds. The maximum Gasteiger partial charge on any atom is 0.332 e. The predicted molar refractivity (Wildman–Crippen MR) is 105 cm³/mol. The van der Waals surface area contributed by atoms with Gasteiger partial charge in [-0.1, -0.05) is 35.9 Å². The van der Waals surface area contributed by atoms with E-state index in [4.69, 9.17) is 11.6 Å². The van der Waals surface area contributed by atoms with Gasteiger partial charge in [0.25, 0.3) is 5.91 Å². The van der Waals surface area contributed by atoms with Gasteiger partial charge < -0.3 is 9.88 Å². The lowest BCUT2D eigenvalue weighted by molar-refractivity contribution is -0.121. The van der Waals surface area contributed by atoms with Crippen LogP contribution in [0.15, 0.2) is 48.5 Å². The van der Waals surface area contributed by atoms with Gasteiger partial charge in [0.1, 0.15) is 6.04 Å². The summed E-state index contributed by atoms with van der Waals surface area (Å²) >= 11 is 6.08. The third kappa shape index (κ3) is 2.12. The van der Waals surface area contributed by atoms with Crippen LogP contribution in [0.5, 0.6) is 0 Å². The molecule has 6 heteroatoms. The van der Waals surface area contributed by atoms with Crippen molar-refractivity contribution in [3.63, 3.8) is 0 Å². The second-order valence-corrected chi connectivity index (χ2v) is 8.05. The van der Waals surface area contributed by atoms with Crippen LogP contribution in [0.2, 0.25) is 5.02 Å². The Bertz CT molecular complexity index is 1120. The summed E-state index contributed by atoms with van der Waals surface area (Å²) in [6.07, 6.45) is 0.504. The van der Waals surface area contributed by atoms with Gasteiger partial charge in [-0.2, -0.15) is 0 Å². The molecule has 1 fully saturated rings. The highest BCUT2D eigenvalue weighted by molar-refractivity contribution is 6.31. The SMILES string of the molecule is CC1(C)c2[nH]c3ccccc3c2C[C@H]2C(=O)N(c3cccc(Cl)c3)C(=O)N21. The number of nitrogens with zero attached hydrogens (tertiary/aromatic N) is 2. The number of H-pyrrole nitrogens is 1. The molecule has 2 aromatic carbocycles. The highest BCUT2D eigenvalue weighted by atomic mass is 35.5. The van der Waals surface area contributed by atoms with Crippen LogP contribution in [0.4, 0.5) is 10.5 Å². The van der Waals surface area contributed by atoms with Crippen LogP contribution in [0, 0.1) is 0 Å². The van der Waals surface area contributed by atoms with Crippen molar-refractivity contribution in [1.29, 1.82) is 0 Å². The zero-order valence-electron chi connectivity index (χ0n) is 15.0. The first-order chi connectivity index (χ1) is 12.9. The highest BCUT2D eigenvalue weighted by Gasteiger charge is 2.55. The maximum absolute atomic E-state index is 13.3. The van der Waals surface area contributed by atoms with Crippen molar-refractivity contribution in [3.05, 3.63) is 64.8 Å². The number of benzene rings is 2. The molecule has 5 rings (SSSR count). The van der Waals surface area contributed by atoms with Crippen molar-refractivity contribution >= 4 is 40.1 Å². The average molecular weight is 380 g/mol. The predicted octanol–water partition coefficient (Wildman–Crippen LogP) is 4.45. The number of nitrogens with one attached hydrogen (secondary N) is 1. The lowest BCUT2D eigenvalue weighted by Gasteiger charge is -2.42. The smallest absolute Gasteiger partial charge is 0.332 e. The molecule has 5 nitrogen and oxygen atoms in total. The van der Waals surface area contributed by atoms with Gasteiger partial charge in [-0.15, -0.1) is 0 Å². The summed E-state index contributed by atoms with van der Waals surface area (Å²) in [5.74, 6) is -0.203. The van der Waals surface area contributed by atoms with E-state index >= 15 is 0 Å². The second kappa shape index (κ2) is 5.36. The summed E-state index contributed by atoms with van der Waals surface area (Å²) in [6.45, 7) is 3.97. The third-order valence-electron chi connectivity index (χ3n) is 5.71. The molecule has 0 aliphatic carbocycles. The fourth-order valence-corrected chi connectivity index (χ4v) is 4.69. The molecule has 1 aromatic heterocycles. The monoisotopic (exact) mass is 379 g/mol. The molecule has 0 bridgehead atoms. The van der Waals surface area contributed by atoms with Crippen LogP contribution < -0.4 is 4.90 Å². The normalized spacial score (nSPS) is 20.9. The molecule has 0 radical (unpaired) electrons. The molecule has 2 aliphatic heterocycles. The first kappa shape index (κ1) is 16.4. The molecule has 3 aromatic rings. The van der Waals surface area contributed by atoms with Crippen LogP contribution in [-0.4, -0.2) is 27.9 Å². The number of fused-ring (bicyclic) bond motifs is 4. The lowest BCUT2D eigenvalue weighted by Crippen LogP contribution is -2.52. The molecule has 1 saturated heterocycles. The number of aromatic amines is 1. The quantitative estimate of drug-likeness (QED) is 0.635. The summed E-state index contributed by atoms with van der Waals surface area (Å²) in [4.78, 5) is 32.9. The summed E-state index contributed by atoms with van der Waals surface area (Å²) in [6, 6.07) is 14.1. The Hall–Kier alpha value is -2.79. The summed E-state index contributed by atoms with van der Waals surface area (Å²) in [5, 5.41) is 1.61. The van der Waals surface area contributed by atoms with E-state index in [2.05, 4.69) is 11.1 Å². The minimum absolute atomic E-state index is 0.203. The number of halogens is 1. The van der Waals surface area contributed by atoms with Crippen LogP contribution in [0.1, 0.15) is 25.1 Å². The molecule has 136 valence electrons. The molecule has 1 N–H and O–H groups in total. The fraction of sp³-hybridized carbons (Fsp3) is 0.238. The number of hydrogen-bond acceptors (Lipinski definition) is 2. The Labute approximate surface area is 161 Å². The van der Waals surface area contributed by atoms with E-state index in [1.807, 2.05) is 32.0 Å². The van der Waals surface area contributed by atoms with Gasteiger partial charge in [-0.25, -0.2) is 9.69 Å². The van der Waals surface area contributed by atoms with Crippen molar-refractivity contribution in [2.45, 2.75) is 31.8 Å². The summed E-state index contributed by atoms with van der Waals surface area (Å²) < 4.78 is 0. The van der Waals surface area contributed by atoms with Gasteiger partial charge in [-0.05, 0) is 43.7 Å². The van der Waals surface area contributed by atoms with E-state index in [9.17, 15) is 9.59 Å². The van der Waals surface area contributed by atoms with E-state index in [1.54, 1.807) is 29.2 Å².